The van der Waals surface area contributed by atoms with Crippen molar-refractivity contribution in [3.63, 3.8) is 0 Å². The Hall–Kier alpha value is -3.76. The van der Waals surface area contributed by atoms with E-state index >= 15 is 0 Å². The van der Waals surface area contributed by atoms with Gasteiger partial charge in [0.25, 0.3) is 0 Å². The fraction of sp³-hybridized carbons (Fsp3) is 0.778. The number of hydrogen-bond donors (Lipinski definition) is 3. The number of unbranched alkanes of at least 4 members (excludes halogenated alkanes) is 35. The lowest BCUT2D eigenvalue weighted by atomic mass is 10.0. The van der Waals surface area contributed by atoms with E-state index in [9.17, 15) is 43.2 Å². The van der Waals surface area contributed by atoms with Gasteiger partial charge in [0.15, 0.2) is 12.2 Å². The highest BCUT2D eigenvalue weighted by Crippen LogP contribution is 2.45. The van der Waals surface area contributed by atoms with Gasteiger partial charge in [-0.25, -0.2) is 9.13 Å². The summed E-state index contributed by atoms with van der Waals surface area (Å²) < 4.78 is 68.5. The van der Waals surface area contributed by atoms with Crippen LogP contribution in [0.4, 0.5) is 0 Å². The number of ether oxygens (including phenoxy) is 4. The fourth-order valence-corrected chi connectivity index (χ4v) is 12.4. The van der Waals surface area contributed by atoms with E-state index in [1.807, 2.05) is 18.2 Å². The number of aliphatic hydroxyl groups excluding tert-OH is 1. The van der Waals surface area contributed by atoms with Crippen molar-refractivity contribution in [1.82, 2.24) is 0 Å². The molecule has 5 atom stereocenters. The van der Waals surface area contributed by atoms with Crippen molar-refractivity contribution in [2.45, 2.75) is 367 Å². The van der Waals surface area contributed by atoms with E-state index in [4.69, 9.17) is 37.0 Å². The Morgan fingerprint density at radius 3 is 0.870 bits per heavy atom. The van der Waals surface area contributed by atoms with E-state index < -0.39 is 97.5 Å². The summed E-state index contributed by atoms with van der Waals surface area (Å²) in [6, 6.07) is 0. The van der Waals surface area contributed by atoms with Crippen LogP contribution in [0.3, 0.4) is 0 Å². The summed E-state index contributed by atoms with van der Waals surface area (Å²) in [6.45, 7) is 4.71. The fourth-order valence-electron chi connectivity index (χ4n) is 10.8. The highest BCUT2D eigenvalue weighted by atomic mass is 31.2. The molecule has 0 saturated heterocycles. The van der Waals surface area contributed by atoms with Crippen molar-refractivity contribution in [2.75, 3.05) is 39.6 Å². The zero-order chi connectivity index (χ0) is 73.2. The molecule has 0 aromatic rings. The number of esters is 4. The lowest BCUT2D eigenvalue weighted by Gasteiger charge is -2.21. The van der Waals surface area contributed by atoms with Crippen molar-refractivity contribution in [3.8, 4) is 0 Å². The van der Waals surface area contributed by atoms with E-state index in [0.29, 0.717) is 32.1 Å². The number of rotatable bonds is 75. The van der Waals surface area contributed by atoms with Crippen LogP contribution in [-0.2, 0) is 65.4 Å². The van der Waals surface area contributed by atoms with E-state index in [0.717, 1.165) is 122 Å². The van der Waals surface area contributed by atoms with Crippen LogP contribution >= 0.6 is 15.6 Å². The zero-order valence-corrected chi connectivity index (χ0v) is 65.2. The molecule has 0 amide bonds. The van der Waals surface area contributed by atoms with Gasteiger partial charge in [-0.15, -0.1) is 0 Å². The molecule has 0 heterocycles. The molecule has 0 aliphatic carbocycles. The van der Waals surface area contributed by atoms with Gasteiger partial charge in [-0.1, -0.05) is 318 Å². The van der Waals surface area contributed by atoms with Gasteiger partial charge >= 0.3 is 39.5 Å². The summed E-state index contributed by atoms with van der Waals surface area (Å²) in [5.41, 5.74) is 0. The van der Waals surface area contributed by atoms with E-state index in [1.54, 1.807) is 0 Å². The first-order valence-corrected chi connectivity index (χ1v) is 42.8. The highest BCUT2D eigenvalue weighted by molar-refractivity contribution is 7.47. The van der Waals surface area contributed by atoms with Crippen molar-refractivity contribution < 1.29 is 80.2 Å². The summed E-state index contributed by atoms with van der Waals surface area (Å²) in [7, 11) is -9.97. The third kappa shape index (κ3) is 72.6. The normalized spacial score (nSPS) is 14.3. The summed E-state index contributed by atoms with van der Waals surface area (Å²) >= 11 is 0. The maximum atomic E-state index is 13.1. The van der Waals surface area contributed by atoms with Crippen LogP contribution in [-0.4, -0.2) is 96.7 Å². The van der Waals surface area contributed by atoms with Crippen molar-refractivity contribution in [1.29, 1.82) is 0 Å². The number of carbonyl (C=O) groups excluding carboxylic acids is 4. The Bertz CT molecular complexity index is 2230. The molecule has 100 heavy (non-hydrogen) atoms. The molecule has 0 radical (unpaired) electrons. The van der Waals surface area contributed by atoms with Crippen LogP contribution < -0.4 is 0 Å². The molecule has 0 fully saturated rings. The molecule has 0 spiro atoms. The number of aliphatic hydroxyl groups is 1. The minimum atomic E-state index is -4.99. The molecule has 0 aliphatic rings. The Morgan fingerprint density at radius 2 is 0.540 bits per heavy atom. The van der Waals surface area contributed by atoms with Crippen molar-refractivity contribution in [3.05, 3.63) is 85.1 Å². The Labute approximate surface area is 608 Å². The van der Waals surface area contributed by atoms with Crippen molar-refractivity contribution in [2.24, 2.45) is 0 Å². The standard InChI is InChI=1S/C81H144O17P2/c1-5-9-13-17-21-25-29-33-35-36-37-38-40-44-48-52-56-60-64-68-81(86)98-77(72-92-79(84)66-62-58-54-50-46-42-32-28-24-20-16-12-8-4)74-96-100(89,90)94-70-75(82)69-93-99(87,88)95-73-76(71-91-78(83)65-61-57-53-49-45-41-31-27-23-19-15-11-7-3)97-80(85)67-63-59-55-51-47-43-39-34-30-26-22-18-14-10-6-2/h9,13,21,25-26,30,33,35,37-38,44,48,56,60,75-77,82H,5-8,10-12,14-20,22-24,27-29,31-32,34,36,39-43,45-47,49-55,57-59,61-74H2,1-4H3,(H,87,88)(H,89,90)/b13-9-,25-21-,30-26-,35-33-,38-37-,48-44-,60-56-/t75-,76+,77+/m0/s1. The topological polar surface area (TPSA) is 237 Å². The number of allylic oxidation sites excluding steroid dienone is 14. The lowest BCUT2D eigenvalue weighted by molar-refractivity contribution is -0.161. The smallest absolute Gasteiger partial charge is 0.462 e. The number of hydrogen-bond acceptors (Lipinski definition) is 15. The molecule has 2 unspecified atom stereocenters. The van der Waals surface area contributed by atoms with Crippen LogP contribution in [0, 0.1) is 0 Å². The van der Waals surface area contributed by atoms with Gasteiger partial charge in [-0.2, -0.15) is 0 Å². The third-order valence-electron chi connectivity index (χ3n) is 16.9. The molecule has 0 aliphatic heterocycles. The number of phosphoric ester groups is 2. The van der Waals surface area contributed by atoms with Gasteiger partial charge in [0.1, 0.15) is 19.3 Å². The van der Waals surface area contributed by atoms with Crippen LogP contribution in [0.2, 0.25) is 0 Å². The second-order valence-corrected chi connectivity index (χ2v) is 29.5. The summed E-state index contributed by atoms with van der Waals surface area (Å²) in [4.78, 5) is 72.9. The van der Waals surface area contributed by atoms with Gasteiger partial charge in [0.2, 0.25) is 0 Å². The minimum absolute atomic E-state index is 0.0271. The molecule has 19 heteroatoms. The molecule has 0 aromatic heterocycles. The summed E-state index contributed by atoms with van der Waals surface area (Å²) in [5.74, 6) is -2.25. The van der Waals surface area contributed by atoms with Crippen molar-refractivity contribution >= 4 is 39.5 Å². The quantitative estimate of drug-likeness (QED) is 0.0169. The molecule has 17 nitrogen and oxygen atoms in total. The molecule has 0 aromatic carbocycles. The van der Waals surface area contributed by atoms with Gasteiger partial charge in [0, 0.05) is 25.7 Å². The largest absolute Gasteiger partial charge is 0.472 e. The molecular formula is C81H144O17P2. The molecule has 580 valence electrons. The number of carbonyl (C=O) groups is 4. The molecule has 0 rings (SSSR count). The van der Waals surface area contributed by atoms with E-state index in [2.05, 4.69) is 94.5 Å². The SMILES string of the molecule is CC/C=C\C/C=C\C/C=C\C/C=C\C/C=C\C/C=C\CCC(=O)O[C@H](COC(=O)CCCCCCCCCCCCCCC)COP(=O)(O)OC[C@@H](O)COP(=O)(O)OC[C@@H](COC(=O)CCCCCCCCCCCCCCC)OC(=O)CCCCCCCCC/C=C\CCCCCC. The first kappa shape index (κ1) is 96.2. The van der Waals surface area contributed by atoms with Gasteiger partial charge < -0.3 is 33.8 Å². The predicted molar refractivity (Wildman–Crippen MR) is 409 cm³/mol. The minimum Gasteiger partial charge on any atom is -0.462 e. The maximum absolute atomic E-state index is 13.1. The van der Waals surface area contributed by atoms with Crippen LogP contribution in [0.25, 0.3) is 0 Å². The van der Waals surface area contributed by atoms with E-state index in [1.165, 1.54) is 141 Å². The number of phosphoric acid groups is 2. The predicted octanol–water partition coefficient (Wildman–Crippen LogP) is 23.0. The van der Waals surface area contributed by atoms with Crippen LogP contribution in [0.15, 0.2) is 85.1 Å². The Kier molecular flexibility index (Phi) is 70.8. The second kappa shape index (κ2) is 73.5. The highest BCUT2D eigenvalue weighted by Gasteiger charge is 2.30. The first-order valence-electron chi connectivity index (χ1n) is 39.8. The molecule has 0 saturated carbocycles. The lowest BCUT2D eigenvalue weighted by Crippen LogP contribution is -2.30. The van der Waals surface area contributed by atoms with Gasteiger partial charge in [-0.3, -0.25) is 37.3 Å². The molecule has 0 bridgehead atoms. The second-order valence-electron chi connectivity index (χ2n) is 26.6. The van der Waals surface area contributed by atoms with Gasteiger partial charge in [0.05, 0.1) is 26.4 Å². The maximum Gasteiger partial charge on any atom is 0.472 e. The Morgan fingerprint density at radius 1 is 0.290 bits per heavy atom. The average Bonchev–Trinajstić information content (AvgIpc) is 1.01. The third-order valence-corrected chi connectivity index (χ3v) is 18.8. The molecule has 3 N–H and O–H groups in total. The summed E-state index contributed by atoms with van der Waals surface area (Å²) in [6.07, 6.45) is 75.8. The van der Waals surface area contributed by atoms with E-state index in [-0.39, 0.29) is 25.7 Å². The van der Waals surface area contributed by atoms with Crippen LogP contribution in [0.1, 0.15) is 349 Å². The monoisotopic (exact) mass is 1450 g/mol. The summed E-state index contributed by atoms with van der Waals surface area (Å²) in [5, 5.41) is 10.6. The van der Waals surface area contributed by atoms with Crippen LogP contribution in [0.5, 0.6) is 0 Å². The zero-order valence-electron chi connectivity index (χ0n) is 63.4. The Balaban J connectivity index is 5.39. The molecular weight excluding hydrogens is 1310 g/mol. The first-order chi connectivity index (χ1) is 48.7. The average molecular weight is 1450 g/mol. The van der Waals surface area contributed by atoms with Gasteiger partial charge in [-0.05, 0) is 89.9 Å².